The quantitative estimate of drug-likeness (QED) is 0.284. The van der Waals surface area contributed by atoms with Crippen molar-refractivity contribution in [1.29, 1.82) is 0 Å². The number of hydrogen-bond acceptors (Lipinski definition) is 6. The zero-order valence-corrected chi connectivity index (χ0v) is 20.4. The molecule has 0 atom stereocenters. The number of ether oxygens (including phenoxy) is 3. The Labute approximate surface area is 217 Å². The van der Waals surface area contributed by atoms with Crippen LogP contribution < -0.4 is 25.3 Å². The molecule has 2 aliphatic rings. The van der Waals surface area contributed by atoms with E-state index in [-0.39, 0.29) is 28.6 Å². The Morgan fingerprint density at radius 2 is 1.79 bits per heavy atom. The fourth-order valence-electron chi connectivity index (χ4n) is 3.97. The lowest BCUT2D eigenvalue weighted by Crippen LogP contribution is -2.29. The number of carbonyl (C=O) groups is 1. The summed E-state index contributed by atoms with van der Waals surface area (Å²) >= 11 is 0. The van der Waals surface area contributed by atoms with Gasteiger partial charge in [-0.05, 0) is 56.0 Å². The van der Waals surface area contributed by atoms with E-state index in [4.69, 9.17) is 19.9 Å². The van der Waals surface area contributed by atoms with E-state index in [2.05, 4.69) is 10.3 Å². The predicted octanol–water partition coefficient (Wildman–Crippen LogP) is 5.97. The zero-order valence-electron chi connectivity index (χ0n) is 20.4. The van der Waals surface area contributed by atoms with Crippen LogP contribution in [0.4, 0.5) is 14.5 Å². The molecule has 0 saturated heterocycles. The van der Waals surface area contributed by atoms with Gasteiger partial charge in [-0.2, -0.15) is 0 Å². The molecule has 2 aliphatic carbocycles. The van der Waals surface area contributed by atoms with Crippen molar-refractivity contribution in [2.24, 2.45) is 5.73 Å². The van der Waals surface area contributed by atoms with Gasteiger partial charge in [-0.25, -0.2) is 8.78 Å². The number of nitrogens with two attached hydrogens (primary N) is 1. The largest absolute Gasteiger partial charge is 0.492 e. The summed E-state index contributed by atoms with van der Waals surface area (Å²) in [7, 11) is 0. The van der Waals surface area contributed by atoms with Gasteiger partial charge in [-0.15, -0.1) is 0 Å². The lowest BCUT2D eigenvalue weighted by Gasteiger charge is -2.14. The normalized spacial score (nSPS) is 15.7. The van der Waals surface area contributed by atoms with Crippen molar-refractivity contribution in [2.45, 2.75) is 37.3 Å². The molecule has 194 valence electrons. The van der Waals surface area contributed by atoms with Crippen LogP contribution >= 0.6 is 0 Å². The van der Waals surface area contributed by atoms with Gasteiger partial charge in [0.05, 0.1) is 22.7 Å². The zero-order chi connectivity index (χ0) is 26.3. The number of benzene rings is 3. The molecule has 1 aromatic heterocycles. The van der Waals surface area contributed by atoms with Crippen LogP contribution in [0.3, 0.4) is 0 Å². The number of nitrogens with zero attached hydrogens (tertiary/aromatic N) is 1. The van der Waals surface area contributed by atoms with Crippen LogP contribution in [0.15, 0.2) is 66.9 Å². The maximum Gasteiger partial charge on any atom is 0.259 e. The fraction of sp³-hybridized carbons (Fsp3) is 0.241. The number of para-hydroxylation sites is 1. The smallest absolute Gasteiger partial charge is 0.259 e. The molecule has 0 bridgehead atoms. The molecule has 0 radical (unpaired) electrons. The molecule has 3 aromatic carbocycles. The third-order valence-corrected chi connectivity index (χ3v) is 6.51. The van der Waals surface area contributed by atoms with Crippen LogP contribution in [0, 0.1) is 11.6 Å². The molecule has 2 saturated carbocycles. The second kappa shape index (κ2) is 9.57. The molecular formula is C29H25F2N3O4. The number of fused-ring (bicyclic) bond motifs is 1. The van der Waals surface area contributed by atoms with Gasteiger partial charge in [0, 0.05) is 35.5 Å². The van der Waals surface area contributed by atoms with Gasteiger partial charge in [0.15, 0.2) is 17.4 Å². The van der Waals surface area contributed by atoms with Crippen molar-refractivity contribution in [3.05, 3.63) is 84.1 Å². The van der Waals surface area contributed by atoms with Crippen LogP contribution in [-0.4, -0.2) is 29.1 Å². The third-order valence-electron chi connectivity index (χ3n) is 6.51. The Kier molecular flexibility index (Phi) is 6.07. The molecule has 1 heterocycles. The van der Waals surface area contributed by atoms with Crippen molar-refractivity contribution < 1.29 is 27.8 Å². The molecule has 1 amide bonds. The number of rotatable bonds is 9. The minimum absolute atomic E-state index is 0.0479. The SMILES string of the molecule is NC1(COc2ccc3c(Oc4c(F)cc(NC(=O)c5ccccc5OC5CC5)cc4F)ccnc3c2)CC1. The first kappa shape index (κ1) is 24.1. The highest BCUT2D eigenvalue weighted by molar-refractivity contribution is 6.06. The summed E-state index contributed by atoms with van der Waals surface area (Å²) in [6.07, 6.45) is 5.31. The standard InChI is InChI=1S/C29H25F2N3O4/c30-22-13-17(34-28(35)21-3-1-2-4-25(21)37-18-5-6-18)14-23(31)27(22)38-26-9-12-33-24-15-19(7-8-20(24)26)36-16-29(32)10-11-29/h1-4,7-9,12-15,18H,5-6,10-11,16,32H2,(H,34,35). The summed E-state index contributed by atoms with van der Waals surface area (Å²) in [5.74, 6) is -1.81. The van der Waals surface area contributed by atoms with Crippen LogP contribution in [0.25, 0.3) is 10.9 Å². The number of aromatic nitrogens is 1. The minimum Gasteiger partial charge on any atom is -0.492 e. The highest BCUT2D eigenvalue weighted by Crippen LogP contribution is 2.36. The Bertz CT molecular complexity index is 1510. The molecule has 4 aromatic rings. The summed E-state index contributed by atoms with van der Waals surface area (Å²) in [6.45, 7) is 0.410. The van der Waals surface area contributed by atoms with Gasteiger partial charge < -0.3 is 25.3 Å². The van der Waals surface area contributed by atoms with E-state index in [9.17, 15) is 4.79 Å². The van der Waals surface area contributed by atoms with Gasteiger partial charge >= 0.3 is 0 Å². The monoisotopic (exact) mass is 517 g/mol. The molecule has 2 fully saturated rings. The molecule has 0 aliphatic heterocycles. The summed E-state index contributed by atoms with van der Waals surface area (Å²) in [5, 5.41) is 3.09. The first-order valence-electron chi connectivity index (χ1n) is 12.4. The molecule has 38 heavy (non-hydrogen) atoms. The number of nitrogens with one attached hydrogen (secondary N) is 1. The molecule has 0 spiro atoms. The first-order chi connectivity index (χ1) is 18.4. The average Bonchev–Trinajstić information content (AvgIpc) is 3.84. The molecule has 9 heteroatoms. The highest BCUT2D eigenvalue weighted by Gasteiger charge is 2.39. The fourth-order valence-corrected chi connectivity index (χ4v) is 3.97. The second-order valence-electron chi connectivity index (χ2n) is 9.78. The summed E-state index contributed by atoms with van der Waals surface area (Å²) in [5.41, 5.74) is 6.59. The van der Waals surface area contributed by atoms with Gasteiger partial charge in [0.1, 0.15) is 23.9 Å². The number of hydrogen-bond donors (Lipinski definition) is 2. The third kappa shape index (κ3) is 5.24. The predicted molar refractivity (Wildman–Crippen MR) is 138 cm³/mol. The lowest BCUT2D eigenvalue weighted by molar-refractivity contribution is 0.102. The Morgan fingerprint density at radius 1 is 1.03 bits per heavy atom. The Balaban J connectivity index is 1.20. The van der Waals surface area contributed by atoms with Crippen LogP contribution in [-0.2, 0) is 0 Å². The topological polar surface area (TPSA) is 95.7 Å². The summed E-state index contributed by atoms with van der Waals surface area (Å²) < 4.78 is 47.2. The lowest BCUT2D eigenvalue weighted by atomic mass is 10.1. The van der Waals surface area contributed by atoms with E-state index in [1.165, 1.54) is 12.3 Å². The average molecular weight is 518 g/mol. The molecule has 3 N–H and O–H groups in total. The van der Waals surface area contributed by atoms with Crippen LogP contribution in [0.2, 0.25) is 0 Å². The van der Waals surface area contributed by atoms with E-state index < -0.39 is 23.3 Å². The van der Waals surface area contributed by atoms with E-state index in [0.29, 0.717) is 29.0 Å². The van der Waals surface area contributed by atoms with Gasteiger partial charge in [-0.3, -0.25) is 9.78 Å². The van der Waals surface area contributed by atoms with Gasteiger partial charge in [-0.1, -0.05) is 12.1 Å². The summed E-state index contributed by atoms with van der Waals surface area (Å²) in [4.78, 5) is 17.1. The Hall–Kier alpha value is -4.24. The highest BCUT2D eigenvalue weighted by atomic mass is 19.1. The first-order valence-corrected chi connectivity index (χ1v) is 12.4. The van der Waals surface area contributed by atoms with Crippen molar-refractivity contribution >= 4 is 22.5 Å². The maximum absolute atomic E-state index is 15.0. The number of amides is 1. The number of pyridine rings is 1. The van der Waals surface area contributed by atoms with Crippen molar-refractivity contribution in [2.75, 3.05) is 11.9 Å². The van der Waals surface area contributed by atoms with E-state index >= 15 is 8.78 Å². The number of halogens is 2. The van der Waals surface area contributed by atoms with Gasteiger partial charge in [0.25, 0.3) is 5.91 Å². The van der Waals surface area contributed by atoms with E-state index in [1.807, 2.05) is 0 Å². The van der Waals surface area contributed by atoms with Crippen molar-refractivity contribution in [3.8, 4) is 23.0 Å². The van der Waals surface area contributed by atoms with Crippen molar-refractivity contribution in [3.63, 3.8) is 0 Å². The number of anilines is 1. The molecular weight excluding hydrogens is 492 g/mol. The Morgan fingerprint density at radius 3 is 2.53 bits per heavy atom. The van der Waals surface area contributed by atoms with Crippen molar-refractivity contribution in [1.82, 2.24) is 4.98 Å². The molecule has 0 unspecified atom stereocenters. The summed E-state index contributed by atoms with van der Waals surface area (Å²) in [6, 6.07) is 15.5. The van der Waals surface area contributed by atoms with Crippen LogP contribution in [0.5, 0.6) is 23.0 Å². The second-order valence-corrected chi connectivity index (χ2v) is 9.78. The maximum atomic E-state index is 15.0. The van der Waals surface area contributed by atoms with E-state index in [1.54, 1.807) is 42.5 Å². The number of carbonyl (C=O) groups excluding carboxylic acids is 1. The van der Waals surface area contributed by atoms with E-state index in [0.717, 1.165) is 37.8 Å². The van der Waals surface area contributed by atoms with Crippen LogP contribution in [0.1, 0.15) is 36.0 Å². The molecule has 6 rings (SSSR count). The minimum atomic E-state index is -0.967. The van der Waals surface area contributed by atoms with Gasteiger partial charge in [0.2, 0.25) is 0 Å². The molecule has 7 nitrogen and oxygen atoms in total.